The van der Waals surface area contributed by atoms with Gasteiger partial charge in [0.05, 0.1) is 25.0 Å². The molecule has 1 aliphatic rings. The second-order valence-corrected chi connectivity index (χ2v) is 7.41. The van der Waals surface area contributed by atoms with Gasteiger partial charge in [0.15, 0.2) is 18.1 Å². The summed E-state index contributed by atoms with van der Waals surface area (Å²) < 4.78 is 52.5. The summed E-state index contributed by atoms with van der Waals surface area (Å²) in [6, 6.07) is 5.57. The summed E-state index contributed by atoms with van der Waals surface area (Å²) in [6.45, 7) is 3.48. The molecule has 1 saturated carbocycles. The van der Waals surface area contributed by atoms with E-state index in [-0.39, 0.29) is 5.91 Å². The fourth-order valence-electron chi connectivity index (χ4n) is 3.70. The van der Waals surface area contributed by atoms with Crippen LogP contribution in [-0.2, 0) is 20.7 Å². The van der Waals surface area contributed by atoms with E-state index in [1.165, 1.54) is 0 Å². The van der Waals surface area contributed by atoms with E-state index >= 15 is 0 Å². The van der Waals surface area contributed by atoms with Gasteiger partial charge in [0.1, 0.15) is 0 Å². The molecule has 1 aromatic carbocycles. The summed E-state index contributed by atoms with van der Waals surface area (Å²) >= 11 is 0. The van der Waals surface area contributed by atoms with Crippen molar-refractivity contribution in [3.63, 3.8) is 0 Å². The predicted molar refractivity (Wildman–Crippen MR) is 108 cm³/mol. The quantitative estimate of drug-likeness (QED) is 0.550. The molecule has 0 aliphatic heterocycles. The van der Waals surface area contributed by atoms with Crippen molar-refractivity contribution in [2.75, 3.05) is 26.4 Å². The first-order valence-corrected chi connectivity index (χ1v) is 10.6. The van der Waals surface area contributed by atoms with E-state index in [4.69, 9.17) is 9.47 Å². The molecule has 1 amide bonds. The third-order valence-electron chi connectivity index (χ3n) is 5.10. The van der Waals surface area contributed by atoms with Crippen LogP contribution in [-0.4, -0.2) is 44.4 Å². The average Bonchev–Trinajstić information content (AvgIpc) is 2.73. The zero-order chi connectivity index (χ0) is 22.9. The maximum Gasteiger partial charge on any atom is 0.422 e. The van der Waals surface area contributed by atoms with Crippen LogP contribution in [0.1, 0.15) is 45.1 Å². The highest BCUT2D eigenvalue weighted by Gasteiger charge is 2.38. The number of esters is 1. The molecule has 9 heteroatoms. The van der Waals surface area contributed by atoms with Crippen LogP contribution >= 0.6 is 0 Å². The number of carbonyl (C=O) groups excluding carboxylic acids is 2. The first kappa shape index (κ1) is 24.8. The van der Waals surface area contributed by atoms with E-state index in [1.807, 2.05) is 32.0 Å². The van der Waals surface area contributed by atoms with E-state index in [2.05, 4.69) is 10.1 Å². The van der Waals surface area contributed by atoms with Crippen molar-refractivity contribution in [2.45, 2.75) is 52.1 Å². The Bertz CT molecular complexity index is 738. The first-order valence-electron chi connectivity index (χ1n) is 10.6. The normalized spacial score (nSPS) is 18.9. The Hall–Kier alpha value is -2.45. The highest BCUT2D eigenvalue weighted by molar-refractivity contribution is 5.85. The minimum absolute atomic E-state index is 0.329. The van der Waals surface area contributed by atoms with Crippen LogP contribution in [0.5, 0.6) is 11.5 Å². The lowest BCUT2D eigenvalue weighted by molar-refractivity contribution is -0.191. The second-order valence-electron chi connectivity index (χ2n) is 7.41. The minimum Gasteiger partial charge on any atom is -0.490 e. The lowest BCUT2D eigenvalue weighted by Gasteiger charge is -2.29. The summed E-state index contributed by atoms with van der Waals surface area (Å²) in [4.78, 5) is 24.7. The fourth-order valence-corrected chi connectivity index (χ4v) is 3.70. The Morgan fingerprint density at radius 1 is 1.03 bits per heavy atom. The summed E-state index contributed by atoms with van der Waals surface area (Å²) in [5, 5.41) is 2.81. The van der Waals surface area contributed by atoms with E-state index in [0.717, 1.165) is 12.0 Å². The molecule has 1 N–H and O–H groups in total. The van der Waals surface area contributed by atoms with Crippen LogP contribution in [0.2, 0.25) is 0 Å². The molecule has 2 rings (SSSR count). The summed E-state index contributed by atoms with van der Waals surface area (Å²) in [5.74, 6) is -1.51. The number of hydrogen-bond donors (Lipinski definition) is 1. The molecule has 2 atom stereocenters. The molecule has 0 heterocycles. The average molecular weight is 445 g/mol. The van der Waals surface area contributed by atoms with E-state index in [1.54, 1.807) is 0 Å². The van der Waals surface area contributed by atoms with Crippen molar-refractivity contribution < 1.29 is 37.0 Å². The van der Waals surface area contributed by atoms with Gasteiger partial charge in [-0.2, -0.15) is 13.2 Å². The van der Waals surface area contributed by atoms with Gasteiger partial charge >= 0.3 is 12.1 Å². The largest absolute Gasteiger partial charge is 0.490 e. The SMILES string of the molecule is CCOc1ccc(CCNC(=O)C2CCCCC2C(=O)OCC(F)(F)F)cc1OCC. The van der Waals surface area contributed by atoms with Crippen LogP contribution in [0, 0.1) is 11.8 Å². The van der Waals surface area contributed by atoms with Gasteiger partial charge in [-0.3, -0.25) is 9.59 Å². The van der Waals surface area contributed by atoms with Crippen LogP contribution in [0.15, 0.2) is 18.2 Å². The van der Waals surface area contributed by atoms with Crippen molar-refractivity contribution in [1.29, 1.82) is 0 Å². The van der Waals surface area contributed by atoms with Gasteiger partial charge in [-0.1, -0.05) is 18.9 Å². The summed E-state index contributed by atoms with van der Waals surface area (Å²) in [6.07, 6.45) is -1.81. The molecular formula is C22H30F3NO5. The van der Waals surface area contributed by atoms with Crippen molar-refractivity contribution in [2.24, 2.45) is 11.8 Å². The summed E-state index contributed by atoms with van der Waals surface area (Å²) in [7, 11) is 0. The number of carbonyl (C=O) groups is 2. The highest BCUT2D eigenvalue weighted by Crippen LogP contribution is 2.32. The Balaban J connectivity index is 1.91. The number of benzene rings is 1. The molecule has 1 fully saturated rings. The molecule has 174 valence electrons. The van der Waals surface area contributed by atoms with Crippen LogP contribution in [0.25, 0.3) is 0 Å². The molecule has 6 nitrogen and oxygen atoms in total. The second kappa shape index (κ2) is 11.8. The molecular weight excluding hydrogens is 415 g/mol. The van der Waals surface area contributed by atoms with E-state index in [0.29, 0.717) is 56.9 Å². The maximum absolute atomic E-state index is 12.6. The number of alkyl halides is 3. The Morgan fingerprint density at radius 2 is 1.68 bits per heavy atom. The smallest absolute Gasteiger partial charge is 0.422 e. The first-order chi connectivity index (χ1) is 14.7. The highest BCUT2D eigenvalue weighted by atomic mass is 19.4. The minimum atomic E-state index is -4.58. The van der Waals surface area contributed by atoms with Crippen molar-refractivity contribution >= 4 is 11.9 Å². The number of hydrogen-bond acceptors (Lipinski definition) is 5. The number of nitrogens with one attached hydrogen (secondary N) is 1. The van der Waals surface area contributed by atoms with Crippen LogP contribution < -0.4 is 14.8 Å². The van der Waals surface area contributed by atoms with Gasteiger partial charge in [0.2, 0.25) is 5.91 Å². The van der Waals surface area contributed by atoms with Gasteiger partial charge < -0.3 is 19.5 Å². The third-order valence-corrected chi connectivity index (χ3v) is 5.10. The maximum atomic E-state index is 12.6. The van der Waals surface area contributed by atoms with Crippen LogP contribution in [0.4, 0.5) is 13.2 Å². The molecule has 1 aromatic rings. The van der Waals surface area contributed by atoms with Gasteiger partial charge in [0.25, 0.3) is 0 Å². The lowest BCUT2D eigenvalue weighted by atomic mass is 9.78. The topological polar surface area (TPSA) is 73.9 Å². The molecule has 0 radical (unpaired) electrons. The molecule has 0 saturated heterocycles. The van der Waals surface area contributed by atoms with Crippen molar-refractivity contribution in [1.82, 2.24) is 5.32 Å². The molecule has 1 aliphatic carbocycles. The zero-order valence-electron chi connectivity index (χ0n) is 17.9. The van der Waals surface area contributed by atoms with E-state index < -0.39 is 30.6 Å². The van der Waals surface area contributed by atoms with Crippen molar-refractivity contribution in [3.05, 3.63) is 23.8 Å². The Kier molecular flexibility index (Phi) is 9.45. The standard InChI is InChI=1S/C22H30F3NO5/c1-3-29-18-10-9-15(13-19(18)30-4-2)11-12-26-20(27)16-7-5-6-8-17(16)21(28)31-14-22(23,24)25/h9-10,13,16-17H,3-8,11-12,14H2,1-2H3,(H,26,27). The monoisotopic (exact) mass is 445 g/mol. The van der Waals surface area contributed by atoms with Gasteiger partial charge in [-0.15, -0.1) is 0 Å². The molecule has 0 bridgehead atoms. The Labute approximate surface area is 180 Å². The van der Waals surface area contributed by atoms with E-state index in [9.17, 15) is 22.8 Å². The molecule has 0 aromatic heterocycles. The molecule has 0 spiro atoms. The third kappa shape index (κ3) is 7.95. The van der Waals surface area contributed by atoms with Gasteiger partial charge in [-0.05, 0) is 50.8 Å². The van der Waals surface area contributed by atoms with Gasteiger partial charge in [0, 0.05) is 6.54 Å². The zero-order valence-corrected chi connectivity index (χ0v) is 17.9. The molecule has 2 unspecified atom stereocenters. The predicted octanol–water partition coefficient (Wildman–Crippen LogP) is 4.05. The number of amides is 1. The van der Waals surface area contributed by atoms with Crippen LogP contribution in [0.3, 0.4) is 0 Å². The summed E-state index contributed by atoms with van der Waals surface area (Å²) in [5.41, 5.74) is 0.942. The molecule has 31 heavy (non-hydrogen) atoms. The Morgan fingerprint density at radius 3 is 2.32 bits per heavy atom. The number of rotatable bonds is 10. The van der Waals surface area contributed by atoms with Crippen molar-refractivity contribution in [3.8, 4) is 11.5 Å². The fraction of sp³-hybridized carbons (Fsp3) is 0.636. The lowest BCUT2D eigenvalue weighted by Crippen LogP contribution is -2.41. The number of ether oxygens (including phenoxy) is 3. The van der Waals surface area contributed by atoms with Gasteiger partial charge in [-0.25, -0.2) is 0 Å². The number of halogens is 3.